The third-order valence-corrected chi connectivity index (χ3v) is 6.25. The van der Waals surface area contributed by atoms with Gasteiger partial charge in [0.05, 0.1) is 25.5 Å². The summed E-state index contributed by atoms with van der Waals surface area (Å²) in [6.07, 6.45) is 0.722. The number of morpholine rings is 1. The lowest BCUT2D eigenvalue weighted by atomic mass is 10.0. The first-order chi connectivity index (χ1) is 16.2. The highest BCUT2D eigenvalue weighted by atomic mass is 16.5. The van der Waals surface area contributed by atoms with Gasteiger partial charge >= 0.3 is 0 Å². The fraction of sp³-hybridized carbons (Fsp3) is 0.346. The van der Waals surface area contributed by atoms with E-state index in [1.165, 1.54) is 5.56 Å². The van der Waals surface area contributed by atoms with Crippen LogP contribution in [0.3, 0.4) is 0 Å². The molecule has 5 rings (SSSR count). The molecule has 0 unspecified atom stereocenters. The molecule has 0 atom stereocenters. The molecule has 7 heteroatoms. The van der Waals surface area contributed by atoms with Crippen molar-refractivity contribution in [2.75, 3.05) is 49.7 Å². The summed E-state index contributed by atoms with van der Waals surface area (Å²) in [6, 6.07) is 19.8. The molecule has 3 heterocycles. The summed E-state index contributed by atoms with van der Waals surface area (Å²) in [5, 5.41) is 0. The number of aromatic nitrogens is 2. The zero-order valence-electron chi connectivity index (χ0n) is 19.0. The summed E-state index contributed by atoms with van der Waals surface area (Å²) >= 11 is 0. The molecule has 0 N–H and O–H groups in total. The van der Waals surface area contributed by atoms with Crippen LogP contribution in [0.15, 0.2) is 60.7 Å². The van der Waals surface area contributed by atoms with Gasteiger partial charge in [0.15, 0.2) is 0 Å². The highest BCUT2D eigenvalue weighted by Gasteiger charge is 2.29. The van der Waals surface area contributed by atoms with Crippen molar-refractivity contribution in [2.45, 2.75) is 19.5 Å². The van der Waals surface area contributed by atoms with Crippen molar-refractivity contribution in [1.82, 2.24) is 14.9 Å². The largest absolute Gasteiger partial charge is 0.378 e. The lowest BCUT2D eigenvalue weighted by molar-refractivity contribution is 0.0733. The van der Waals surface area contributed by atoms with E-state index in [2.05, 4.69) is 21.9 Å². The minimum absolute atomic E-state index is 0.0550. The van der Waals surface area contributed by atoms with E-state index in [9.17, 15) is 4.79 Å². The molecular formula is C26H29N5O2. The molecule has 2 aliphatic heterocycles. The predicted molar refractivity (Wildman–Crippen MR) is 128 cm³/mol. The predicted octanol–water partition coefficient (Wildman–Crippen LogP) is 3.15. The van der Waals surface area contributed by atoms with Crippen LogP contribution in [-0.4, -0.2) is 60.7 Å². The van der Waals surface area contributed by atoms with E-state index in [0.29, 0.717) is 31.9 Å². The molecule has 0 spiro atoms. The number of carbonyl (C=O) groups excluding carboxylic acids is 1. The first kappa shape index (κ1) is 21.4. The van der Waals surface area contributed by atoms with Gasteiger partial charge in [-0.25, -0.2) is 4.98 Å². The Morgan fingerprint density at radius 1 is 0.970 bits per heavy atom. The molecular weight excluding hydrogens is 414 g/mol. The quantitative estimate of drug-likeness (QED) is 0.604. The number of ether oxygens (including phenoxy) is 1. The maximum absolute atomic E-state index is 13.1. The van der Waals surface area contributed by atoms with Crippen LogP contribution in [-0.2, 0) is 24.2 Å². The number of benzene rings is 2. The summed E-state index contributed by atoms with van der Waals surface area (Å²) in [6.45, 7) is 4.86. The van der Waals surface area contributed by atoms with Crippen molar-refractivity contribution in [3.05, 3.63) is 83.0 Å². The third-order valence-electron chi connectivity index (χ3n) is 6.25. The van der Waals surface area contributed by atoms with E-state index < -0.39 is 0 Å². The van der Waals surface area contributed by atoms with Crippen molar-refractivity contribution >= 4 is 17.7 Å². The van der Waals surface area contributed by atoms with E-state index in [1.54, 1.807) is 0 Å². The van der Waals surface area contributed by atoms with Gasteiger partial charge in [0.25, 0.3) is 5.91 Å². The van der Waals surface area contributed by atoms with E-state index in [-0.39, 0.29) is 5.91 Å². The highest BCUT2D eigenvalue weighted by Crippen LogP contribution is 2.30. The molecule has 0 bridgehead atoms. The lowest BCUT2D eigenvalue weighted by Crippen LogP contribution is -2.41. The maximum Gasteiger partial charge on any atom is 0.254 e. The van der Waals surface area contributed by atoms with Gasteiger partial charge in [0.2, 0.25) is 5.95 Å². The summed E-state index contributed by atoms with van der Waals surface area (Å²) in [5.74, 6) is 1.71. The van der Waals surface area contributed by atoms with Gasteiger partial charge in [-0.2, -0.15) is 4.98 Å². The maximum atomic E-state index is 13.1. The average Bonchev–Trinajstić information content (AvgIpc) is 2.89. The smallest absolute Gasteiger partial charge is 0.254 e. The molecule has 3 aromatic rings. The Balaban J connectivity index is 1.46. The van der Waals surface area contributed by atoms with Crippen LogP contribution in [0.2, 0.25) is 0 Å². The number of fused-ring (bicyclic) bond motifs is 1. The normalized spacial score (nSPS) is 15.8. The Kier molecular flexibility index (Phi) is 6.21. The van der Waals surface area contributed by atoms with Crippen molar-refractivity contribution in [2.24, 2.45) is 0 Å². The Morgan fingerprint density at radius 3 is 2.39 bits per heavy atom. The van der Waals surface area contributed by atoms with Crippen LogP contribution in [0.1, 0.15) is 27.2 Å². The van der Waals surface area contributed by atoms with Crippen LogP contribution in [0.25, 0.3) is 0 Å². The molecule has 0 radical (unpaired) electrons. The molecule has 1 fully saturated rings. The van der Waals surface area contributed by atoms with Gasteiger partial charge in [-0.1, -0.05) is 48.5 Å². The van der Waals surface area contributed by atoms with E-state index in [4.69, 9.17) is 14.7 Å². The Morgan fingerprint density at radius 2 is 1.67 bits per heavy atom. The third kappa shape index (κ3) is 4.68. The second-order valence-electron chi connectivity index (χ2n) is 8.56. The van der Waals surface area contributed by atoms with Crippen LogP contribution >= 0.6 is 0 Å². The molecule has 2 aromatic carbocycles. The Labute approximate surface area is 194 Å². The fourth-order valence-corrected chi connectivity index (χ4v) is 4.46. The van der Waals surface area contributed by atoms with Gasteiger partial charge in [-0.3, -0.25) is 4.79 Å². The molecule has 170 valence electrons. The first-order valence-corrected chi connectivity index (χ1v) is 11.5. The number of carbonyl (C=O) groups is 1. The number of hydrogen-bond donors (Lipinski definition) is 0. The average molecular weight is 444 g/mol. The number of nitrogens with zero attached hydrogens (tertiary/aromatic N) is 5. The molecule has 1 saturated heterocycles. The number of hydrogen-bond acceptors (Lipinski definition) is 6. The molecule has 33 heavy (non-hydrogen) atoms. The summed E-state index contributed by atoms with van der Waals surface area (Å²) < 4.78 is 5.58. The zero-order chi connectivity index (χ0) is 22.6. The summed E-state index contributed by atoms with van der Waals surface area (Å²) in [4.78, 5) is 29.4. The number of amides is 1. The molecule has 2 aliphatic rings. The Bertz CT molecular complexity index is 1100. The second-order valence-corrected chi connectivity index (χ2v) is 8.56. The van der Waals surface area contributed by atoms with E-state index in [0.717, 1.165) is 49.1 Å². The van der Waals surface area contributed by atoms with Gasteiger partial charge in [-0.05, 0) is 17.7 Å². The van der Waals surface area contributed by atoms with Crippen molar-refractivity contribution in [3.63, 3.8) is 0 Å². The standard InChI is InChI=1S/C26H29N5O2/c1-29(18-20-8-4-2-5-9-20)26-27-23-12-13-31(25(32)21-10-6-3-7-11-21)19-22(23)24(28-26)30-14-16-33-17-15-30/h2-11H,12-19H2,1H3. The highest BCUT2D eigenvalue weighted by molar-refractivity contribution is 5.94. The minimum Gasteiger partial charge on any atom is -0.378 e. The van der Waals surface area contributed by atoms with E-state index in [1.807, 2.05) is 60.5 Å². The SMILES string of the molecule is CN(Cc1ccccc1)c1nc2c(c(N3CCOCC3)n1)CN(C(=O)c1ccccc1)CC2. The second kappa shape index (κ2) is 9.58. The van der Waals surface area contributed by atoms with Gasteiger partial charge in [-0.15, -0.1) is 0 Å². The molecule has 1 aromatic heterocycles. The molecule has 7 nitrogen and oxygen atoms in total. The van der Waals surface area contributed by atoms with Gasteiger partial charge in [0.1, 0.15) is 5.82 Å². The van der Waals surface area contributed by atoms with E-state index >= 15 is 0 Å². The topological polar surface area (TPSA) is 61.8 Å². The monoisotopic (exact) mass is 443 g/mol. The molecule has 1 amide bonds. The van der Waals surface area contributed by atoms with Crippen molar-refractivity contribution in [1.29, 1.82) is 0 Å². The summed E-state index contributed by atoms with van der Waals surface area (Å²) in [7, 11) is 2.03. The fourth-order valence-electron chi connectivity index (χ4n) is 4.46. The number of anilines is 2. The van der Waals surface area contributed by atoms with Gasteiger partial charge in [0, 0.05) is 50.8 Å². The summed E-state index contributed by atoms with van der Waals surface area (Å²) in [5.41, 5.74) is 4.03. The Hall–Kier alpha value is -3.45. The molecule has 0 saturated carbocycles. The first-order valence-electron chi connectivity index (χ1n) is 11.5. The molecule has 0 aliphatic carbocycles. The number of rotatable bonds is 5. The van der Waals surface area contributed by atoms with Crippen LogP contribution < -0.4 is 9.80 Å². The van der Waals surface area contributed by atoms with Gasteiger partial charge < -0.3 is 19.4 Å². The van der Waals surface area contributed by atoms with Crippen molar-refractivity contribution < 1.29 is 9.53 Å². The van der Waals surface area contributed by atoms with Crippen LogP contribution in [0, 0.1) is 0 Å². The van der Waals surface area contributed by atoms with Crippen LogP contribution in [0.4, 0.5) is 11.8 Å². The van der Waals surface area contributed by atoms with Crippen LogP contribution in [0.5, 0.6) is 0 Å². The minimum atomic E-state index is 0.0550. The lowest BCUT2D eigenvalue weighted by Gasteiger charge is -2.35. The van der Waals surface area contributed by atoms with Crippen molar-refractivity contribution in [3.8, 4) is 0 Å². The zero-order valence-corrected chi connectivity index (χ0v) is 19.0.